The van der Waals surface area contributed by atoms with Crippen LogP contribution < -0.4 is 0 Å². The fourth-order valence-corrected chi connectivity index (χ4v) is 1.76. The highest BCUT2D eigenvalue weighted by Gasteiger charge is 2.21. The van der Waals surface area contributed by atoms with Crippen LogP contribution in [0.2, 0.25) is 0 Å². The number of nitriles is 1. The Morgan fingerprint density at radius 2 is 2.47 bits per heavy atom. The van der Waals surface area contributed by atoms with E-state index in [9.17, 15) is 4.79 Å². The predicted molar refractivity (Wildman–Crippen MR) is 56.1 cm³/mol. The van der Waals surface area contributed by atoms with Crippen molar-refractivity contribution in [3.05, 3.63) is 0 Å². The average molecular weight is 210 g/mol. The standard InChI is InChI=1S/C11H18N2O2/c1-2-11(14)13(7-4-6-12)9-10-5-3-8-15-10/h10H,2-5,7-9H2,1H3. The molecule has 84 valence electrons. The van der Waals surface area contributed by atoms with Gasteiger partial charge in [-0.05, 0) is 12.8 Å². The molecular formula is C11H18N2O2. The second kappa shape index (κ2) is 6.41. The van der Waals surface area contributed by atoms with E-state index >= 15 is 0 Å². The van der Waals surface area contributed by atoms with E-state index in [1.807, 2.05) is 6.92 Å². The van der Waals surface area contributed by atoms with Gasteiger partial charge in [0.1, 0.15) is 0 Å². The van der Waals surface area contributed by atoms with Crippen LogP contribution in [0.4, 0.5) is 0 Å². The highest BCUT2D eigenvalue weighted by atomic mass is 16.5. The molecule has 1 heterocycles. The van der Waals surface area contributed by atoms with Crippen LogP contribution in [-0.4, -0.2) is 36.6 Å². The third kappa shape index (κ3) is 3.88. The van der Waals surface area contributed by atoms with Crippen LogP contribution in [0.1, 0.15) is 32.6 Å². The minimum Gasteiger partial charge on any atom is -0.376 e. The van der Waals surface area contributed by atoms with Crippen molar-refractivity contribution < 1.29 is 9.53 Å². The zero-order chi connectivity index (χ0) is 11.1. The summed E-state index contributed by atoms with van der Waals surface area (Å²) in [5, 5.41) is 8.51. The van der Waals surface area contributed by atoms with E-state index in [0.29, 0.717) is 25.9 Å². The van der Waals surface area contributed by atoms with E-state index in [0.717, 1.165) is 19.4 Å². The predicted octanol–water partition coefficient (Wildman–Crippen LogP) is 1.32. The minimum absolute atomic E-state index is 0.112. The molecule has 0 N–H and O–H groups in total. The van der Waals surface area contributed by atoms with Gasteiger partial charge in [-0.1, -0.05) is 6.92 Å². The molecule has 0 aliphatic carbocycles. The first-order chi connectivity index (χ1) is 7.27. The Kier molecular flexibility index (Phi) is 5.13. The second-order valence-corrected chi connectivity index (χ2v) is 3.74. The van der Waals surface area contributed by atoms with Crippen molar-refractivity contribution in [1.29, 1.82) is 5.26 Å². The molecule has 1 amide bonds. The molecule has 0 aromatic heterocycles. The van der Waals surface area contributed by atoms with Crippen molar-refractivity contribution in [3.8, 4) is 6.07 Å². The summed E-state index contributed by atoms with van der Waals surface area (Å²) in [6.07, 6.45) is 3.19. The largest absolute Gasteiger partial charge is 0.376 e. The third-order valence-electron chi connectivity index (χ3n) is 2.60. The Morgan fingerprint density at radius 1 is 1.67 bits per heavy atom. The number of hydrogen-bond donors (Lipinski definition) is 0. The molecule has 1 saturated heterocycles. The van der Waals surface area contributed by atoms with Gasteiger partial charge in [0.2, 0.25) is 5.91 Å². The van der Waals surface area contributed by atoms with Gasteiger partial charge < -0.3 is 9.64 Å². The molecule has 4 heteroatoms. The monoisotopic (exact) mass is 210 g/mol. The number of nitrogens with zero attached hydrogens (tertiary/aromatic N) is 2. The van der Waals surface area contributed by atoms with E-state index in [2.05, 4.69) is 6.07 Å². The molecule has 1 unspecified atom stereocenters. The third-order valence-corrected chi connectivity index (χ3v) is 2.60. The molecule has 1 aliphatic rings. The number of rotatable bonds is 5. The summed E-state index contributed by atoms with van der Waals surface area (Å²) in [7, 11) is 0. The molecule has 0 aromatic carbocycles. The molecule has 1 fully saturated rings. The molecule has 1 atom stereocenters. The van der Waals surface area contributed by atoms with Gasteiger partial charge in [-0.2, -0.15) is 5.26 Å². The molecule has 4 nitrogen and oxygen atoms in total. The Morgan fingerprint density at radius 3 is 3.00 bits per heavy atom. The van der Waals surface area contributed by atoms with Crippen LogP contribution in [0, 0.1) is 11.3 Å². The highest BCUT2D eigenvalue weighted by Crippen LogP contribution is 2.14. The molecule has 1 aliphatic heterocycles. The molecule has 0 saturated carbocycles. The summed E-state index contributed by atoms with van der Waals surface area (Å²) in [4.78, 5) is 13.3. The van der Waals surface area contributed by atoms with Gasteiger partial charge in [-0.3, -0.25) is 4.79 Å². The first-order valence-corrected chi connectivity index (χ1v) is 5.54. The quantitative estimate of drug-likeness (QED) is 0.687. The number of ether oxygens (including phenoxy) is 1. The summed E-state index contributed by atoms with van der Waals surface area (Å²) in [5.74, 6) is 0.112. The van der Waals surface area contributed by atoms with Gasteiger partial charge in [0, 0.05) is 26.1 Å². The van der Waals surface area contributed by atoms with Crippen molar-refractivity contribution >= 4 is 5.91 Å². The number of carbonyl (C=O) groups excluding carboxylic acids is 1. The average Bonchev–Trinajstić information content (AvgIpc) is 2.75. The van der Waals surface area contributed by atoms with Crippen LogP contribution >= 0.6 is 0 Å². The lowest BCUT2D eigenvalue weighted by atomic mass is 10.2. The normalized spacial score (nSPS) is 19.9. The zero-order valence-corrected chi connectivity index (χ0v) is 9.24. The van der Waals surface area contributed by atoms with Crippen LogP contribution in [0.25, 0.3) is 0 Å². The van der Waals surface area contributed by atoms with E-state index in [-0.39, 0.29) is 12.0 Å². The summed E-state index contributed by atoms with van der Waals surface area (Å²) in [5.41, 5.74) is 0. The first kappa shape index (κ1) is 12.0. The molecule has 15 heavy (non-hydrogen) atoms. The van der Waals surface area contributed by atoms with Gasteiger partial charge in [-0.15, -0.1) is 0 Å². The summed E-state index contributed by atoms with van der Waals surface area (Å²) < 4.78 is 5.48. The van der Waals surface area contributed by atoms with E-state index in [1.54, 1.807) is 4.90 Å². The van der Waals surface area contributed by atoms with Gasteiger partial charge in [0.15, 0.2) is 0 Å². The van der Waals surface area contributed by atoms with Gasteiger partial charge in [-0.25, -0.2) is 0 Å². The molecule has 0 radical (unpaired) electrons. The van der Waals surface area contributed by atoms with E-state index in [1.165, 1.54) is 0 Å². The number of hydrogen-bond acceptors (Lipinski definition) is 3. The minimum atomic E-state index is 0.112. The van der Waals surface area contributed by atoms with Gasteiger partial charge in [0.05, 0.1) is 18.6 Å². The fourth-order valence-electron chi connectivity index (χ4n) is 1.76. The zero-order valence-electron chi connectivity index (χ0n) is 9.24. The fraction of sp³-hybridized carbons (Fsp3) is 0.818. The lowest BCUT2D eigenvalue weighted by molar-refractivity contribution is -0.132. The van der Waals surface area contributed by atoms with E-state index in [4.69, 9.17) is 10.00 Å². The van der Waals surface area contributed by atoms with Crippen molar-refractivity contribution in [2.75, 3.05) is 19.7 Å². The SMILES string of the molecule is CCC(=O)N(CCC#N)CC1CCCO1. The second-order valence-electron chi connectivity index (χ2n) is 3.74. The summed E-state index contributed by atoms with van der Waals surface area (Å²) >= 11 is 0. The molecule has 0 spiro atoms. The highest BCUT2D eigenvalue weighted by molar-refractivity contribution is 5.75. The lowest BCUT2D eigenvalue weighted by Gasteiger charge is -2.24. The Bertz CT molecular complexity index is 241. The van der Waals surface area contributed by atoms with Gasteiger partial charge >= 0.3 is 0 Å². The molecule has 0 bridgehead atoms. The van der Waals surface area contributed by atoms with Gasteiger partial charge in [0.25, 0.3) is 0 Å². The maximum absolute atomic E-state index is 11.6. The maximum Gasteiger partial charge on any atom is 0.222 e. The number of carbonyl (C=O) groups is 1. The van der Waals surface area contributed by atoms with Crippen molar-refractivity contribution in [2.24, 2.45) is 0 Å². The topological polar surface area (TPSA) is 53.3 Å². The van der Waals surface area contributed by atoms with Crippen molar-refractivity contribution in [2.45, 2.75) is 38.7 Å². The molecule has 0 aromatic rings. The first-order valence-electron chi connectivity index (χ1n) is 5.54. The van der Waals surface area contributed by atoms with Crippen LogP contribution in [-0.2, 0) is 9.53 Å². The Labute approximate surface area is 90.8 Å². The van der Waals surface area contributed by atoms with Crippen LogP contribution in [0.5, 0.6) is 0 Å². The maximum atomic E-state index is 11.6. The Hall–Kier alpha value is -1.08. The van der Waals surface area contributed by atoms with Crippen molar-refractivity contribution in [3.63, 3.8) is 0 Å². The number of amides is 1. The molecule has 1 rings (SSSR count). The smallest absolute Gasteiger partial charge is 0.222 e. The molecular weight excluding hydrogens is 192 g/mol. The van der Waals surface area contributed by atoms with E-state index < -0.39 is 0 Å². The summed E-state index contributed by atoms with van der Waals surface area (Å²) in [6, 6.07) is 2.07. The van der Waals surface area contributed by atoms with Crippen molar-refractivity contribution in [1.82, 2.24) is 4.90 Å². The lowest BCUT2D eigenvalue weighted by Crippen LogP contribution is -2.37. The van der Waals surface area contributed by atoms with Crippen LogP contribution in [0.3, 0.4) is 0 Å². The summed E-state index contributed by atoms with van der Waals surface area (Å²) in [6.45, 7) is 3.83. The van der Waals surface area contributed by atoms with Crippen LogP contribution in [0.15, 0.2) is 0 Å². The Balaban J connectivity index is 2.40.